The molecule has 1 N–H and O–H groups in total. The largest absolute Gasteiger partial charge is 0.309 e. The average Bonchev–Trinajstić information content (AvgIpc) is 3.30. The molecule has 1 aromatic carbocycles. The Morgan fingerprint density at radius 2 is 2.00 bits per heavy atom. The number of aromatic nitrogens is 3. The SMILES string of the molecule is Cn1c(SCC(=O)NC(=O)c2ccccc2)nnc1C1CC1. The smallest absolute Gasteiger partial charge is 0.257 e. The molecule has 2 aromatic rings. The van der Waals surface area contributed by atoms with Gasteiger partial charge in [-0.3, -0.25) is 14.9 Å². The van der Waals surface area contributed by atoms with Gasteiger partial charge < -0.3 is 4.57 Å². The highest BCUT2D eigenvalue weighted by Gasteiger charge is 2.29. The molecule has 0 saturated heterocycles. The molecule has 0 radical (unpaired) electrons. The second-order valence-electron chi connectivity index (χ2n) is 5.21. The molecule has 3 rings (SSSR count). The van der Waals surface area contributed by atoms with Gasteiger partial charge in [0.15, 0.2) is 5.16 Å². The van der Waals surface area contributed by atoms with Gasteiger partial charge in [-0.25, -0.2) is 0 Å². The van der Waals surface area contributed by atoms with Gasteiger partial charge >= 0.3 is 0 Å². The summed E-state index contributed by atoms with van der Waals surface area (Å²) in [6.07, 6.45) is 2.31. The van der Waals surface area contributed by atoms with Gasteiger partial charge in [-0.2, -0.15) is 0 Å². The summed E-state index contributed by atoms with van der Waals surface area (Å²) in [7, 11) is 1.91. The minimum absolute atomic E-state index is 0.134. The molecule has 0 unspecified atom stereocenters. The molecule has 2 amide bonds. The van der Waals surface area contributed by atoms with Crippen LogP contribution in [0.5, 0.6) is 0 Å². The van der Waals surface area contributed by atoms with Crippen LogP contribution >= 0.6 is 11.8 Å². The van der Waals surface area contributed by atoms with Gasteiger partial charge in [0, 0.05) is 18.5 Å². The van der Waals surface area contributed by atoms with Crippen molar-refractivity contribution in [2.24, 2.45) is 7.05 Å². The summed E-state index contributed by atoms with van der Waals surface area (Å²) in [4.78, 5) is 23.7. The molecule has 1 aromatic heterocycles. The van der Waals surface area contributed by atoms with Crippen LogP contribution in [-0.4, -0.2) is 32.3 Å². The number of thioether (sulfide) groups is 1. The topological polar surface area (TPSA) is 76.9 Å². The summed E-state index contributed by atoms with van der Waals surface area (Å²) in [5.41, 5.74) is 0.468. The predicted molar refractivity (Wildman–Crippen MR) is 82.6 cm³/mol. The van der Waals surface area contributed by atoms with E-state index in [0.29, 0.717) is 16.6 Å². The van der Waals surface area contributed by atoms with Crippen molar-refractivity contribution >= 4 is 23.6 Å². The van der Waals surface area contributed by atoms with Crippen LogP contribution in [0.4, 0.5) is 0 Å². The van der Waals surface area contributed by atoms with Crippen molar-refractivity contribution < 1.29 is 9.59 Å². The van der Waals surface area contributed by atoms with E-state index in [0.717, 1.165) is 18.7 Å². The van der Waals surface area contributed by atoms with Gasteiger partial charge in [-0.15, -0.1) is 10.2 Å². The highest BCUT2D eigenvalue weighted by atomic mass is 32.2. The van der Waals surface area contributed by atoms with Gasteiger partial charge in [0.05, 0.1) is 5.75 Å². The van der Waals surface area contributed by atoms with Crippen LogP contribution in [-0.2, 0) is 11.8 Å². The van der Waals surface area contributed by atoms with E-state index < -0.39 is 0 Å². The Bertz CT molecular complexity index is 695. The number of nitrogens with zero attached hydrogens (tertiary/aromatic N) is 3. The summed E-state index contributed by atoms with van der Waals surface area (Å²) in [6.45, 7) is 0. The fourth-order valence-electron chi connectivity index (χ4n) is 2.10. The van der Waals surface area contributed by atoms with Crippen LogP contribution in [0.2, 0.25) is 0 Å². The molecule has 7 heteroatoms. The Balaban J connectivity index is 1.53. The first-order chi connectivity index (χ1) is 10.6. The fourth-order valence-corrected chi connectivity index (χ4v) is 2.82. The first kappa shape index (κ1) is 14.8. The van der Waals surface area contributed by atoms with Gasteiger partial charge in [-0.1, -0.05) is 30.0 Å². The third kappa shape index (κ3) is 3.36. The van der Waals surface area contributed by atoms with Crippen molar-refractivity contribution in [2.45, 2.75) is 23.9 Å². The molecular weight excluding hydrogens is 300 g/mol. The number of carbonyl (C=O) groups is 2. The monoisotopic (exact) mass is 316 g/mol. The van der Waals surface area contributed by atoms with Gasteiger partial charge in [0.25, 0.3) is 5.91 Å². The van der Waals surface area contributed by atoms with Crippen molar-refractivity contribution in [3.63, 3.8) is 0 Å². The van der Waals surface area contributed by atoms with E-state index in [1.165, 1.54) is 11.8 Å². The number of nitrogens with one attached hydrogen (secondary N) is 1. The third-order valence-corrected chi connectivity index (χ3v) is 4.45. The van der Waals surface area contributed by atoms with Gasteiger partial charge in [-0.05, 0) is 25.0 Å². The lowest BCUT2D eigenvalue weighted by Crippen LogP contribution is -2.31. The molecule has 1 aliphatic rings. The first-order valence-corrected chi connectivity index (χ1v) is 8.05. The number of benzene rings is 1. The Morgan fingerprint density at radius 1 is 1.27 bits per heavy atom. The van der Waals surface area contributed by atoms with Gasteiger partial charge in [0.1, 0.15) is 5.82 Å². The number of hydrogen-bond donors (Lipinski definition) is 1. The van der Waals surface area contributed by atoms with Crippen molar-refractivity contribution in [2.75, 3.05) is 5.75 Å². The van der Waals surface area contributed by atoms with Gasteiger partial charge in [0.2, 0.25) is 5.91 Å². The average molecular weight is 316 g/mol. The molecule has 0 atom stereocenters. The summed E-state index contributed by atoms with van der Waals surface area (Å²) in [5.74, 6) is 0.899. The van der Waals surface area contributed by atoms with Crippen LogP contribution in [0.1, 0.15) is 34.9 Å². The lowest BCUT2D eigenvalue weighted by molar-refractivity contribution is -0.117. The van der Waals surface area contributed by atoms with Crippen molar-refractivity contribution in [3.05, 3.63) is 41.7 Å². The zero-order valence-corrected chi connectivity index (χ0v) is 13.0. The minimum Gasteiger partial charge on any atom is -0.309 e. The van der Waals surface area contributed by atoms with E-state index in [2.05, 4.69) is 15.5 Å². The van der Waals surface area contributed by atoms with E-state index in [4.69, 9.17) is 0 Å². The summed E-state index contributed by atoms with van der Waals surface area (Å²) < 4.78 is 1.93. The maximum atomic E-state index is 11.9. The molecule has 0 aliphatic heterocycles. The van der Waals surface area contributed by atoms with E-state index >= 15 is 0 Å². The Kier molecular flexibility index (Phi) is 4.24. The third-order valence-electron chi connectivity index (χ3n) is 3.43. The standard InChI is InChI=1S/C15H16N4O2S/c1-19-13(10-7-8-10)17-18-15(19)22-9-12(20)16-14(21)11-5-3-2-4-6-11/h2-6,10H,7-9H2,1H3,(H,16,20,21). The Hall–Kier alpha value is -2.15. The second-order valence-corrected chi connectivity index (χ2v) is 6.15. The van der Waals surface area contributed by atoms with Crippen LogP contribution in [0, 0.1) is 0 Å². The number of rotatable bonds is 5. The van der Waals surface area contributed by atoms with Crippen molar-refractivity contribution in [1.82, 2.24) is 20.1 Å². The Labute approximate surface area is 132 Å². The molecule has 0 spiro atoms. The molecule has 114 valence electrons. The number of hydrogen-bond acceptors (Lipinski definition) is 5. The number of amides is 2. The van der Waals surface area contributed by atoms with E-state index in [9.17, 15) is 9.59 Å². The zero-order valence-electron chi connectivity index (χ0n) is 12.2. The minimum atomic E-state index is -0.386. The lowest BCUT2D eigenvalue weighted by Gasteiger charge is -2.04. The lowest BCUT2D eigenvalue weighted by atomic mass is 10.2. The second kappa shape index (κ2) is 6.31. The predicted octanol–water partition coefficient (Wildman–Crippen LogP) is 1.74. The van der Waals surface area contributed by atoms with Crippen LogP contribution in [0.25, 0.3) is 0 Å². The molecule has 6 nitrogen and oxygen atoms in total. The highest BCUT2D eigenvalue weighted by molar-refractivity contribution is 7.99. The maximum absolute atomic E-state index is 11.9. The number of carbonyl (C=O) groups excluding carboxylic acids is 2. The quantitative estimate of drug-likeness (QED) is 0.850. The van der Waals surface area contributed by atoms with E-state index in [-0.39, 0.29) is 17.6 Å². The molecule has 22 heavy (non-hydrogen) atoms. The van der Waals surface area contributed by atoms with E-state index in [1.54, 1.807) is 24.3 Å². The van der Waals surface area contributed by atoms with E-state index in [1.807, 2.05) is 17.7 Å². The number of imide groups is 1. The molecule has 1 aliphatic carbocycles. The fraction of sp³-hybridized carbons (Fsp3) is 0.333. The van der Waals surface area contributed by atoms with Crippen LogP contribution in [0.3, 0.4) is 0 Å². The summed E-state index contributed by atoms with van der Waals surface area (Å²) >= 11 is 1.28. The maximum Gasteiger partial charge on any atom is 0.257 e. The summed E-state index contributed by atoms with van der Waals surface area (Å²) in [5, 5.41) is 11.3. The normalized spacial score (nSPS) is 13.9. The first-order valence-electron chi connectivity index (χ1n) is 7.06. The van der Waals surface area contributed by atoms with Crippen LogP contribution < -0.4 is 5.32 Å². The van der Waals surface area contributed by atoms with Crippen molar-refractivity contribution in [1.29, 1.82) is 0 Å². The molecule has 0 bridgehead atoms. The Morgan fingerprint density at radius 3 is 2.68 bits per heavy atom. The highest BCUT2D eigenvalue weighted by Crippen LogP contribution is 2.39. The summed E-state index contributed by atoms with van der Waals surface area (Å²) in [6, 6.07) is 8.67. The molecule has 1 saturated carbocycles. The van der Waals surface area contributed by atoms with Crippen LogP contribution in [0.15, 0.2) is 35.5 Å². The molecule has 1 heterocycles. The molecule has 1 fully saturated rings. The van der Waals surface area contributed by atoms with Crippen molar-refractivity contribution in [3.8, 4) is 0 Å². The zero-order chi connectivity index (χ0) is 15.5. The molecular formula is C15H16N4O2S.